The quantitative estimate of drug-likeness (QED) is 0.414. The molecule has 0 aromatic heterocycles. The zero-order valence-electron chi connectivity index (χ0n) is 18.7. The standard InChI is InChI=1S/C22H24ClN3O6S.Na/c23-16-2-1-3-17(13-16)24-8-10-25(11-9-24)33(31,32)18-4-5-19-15(12-18)6-7-26(19)21(28)14-20(27)22(29)30;/h1-5,12-13,20,27H,6-11,14H2,(H,29,30);/q;+1/p-1. The monoisotopic (exact) mass is 515 g/mol. The number of benzene rings is 2. The molecule has 2 aromatic carbocycles. The van der Waals surface area contributed by atoms with Gasteiger partial charge in [-0.2, -0.15) is 4.31 Å². The van der Waals surface area contributed by atoms with Gasteiger partial charge in [0.05, 0.1) is 17.3 Å². The number of aliphatic hydroxyl groups is 1. The van der Waals surface area contributed by atoms with E-state index >= 15 is 0 Å². The smallest absolute Gasteiger partial charge is 0.547 e. The van der Waals surface area contributed by atoms with Gasteiger partial charge in [0, 0.05) is 49.1 Å². The van der Waals surface area contributed by atoms with Gasteiger partial charge in [0.25, 0.3) is 0 Å². The molecule has 1 atom stereocenters. The largest absolute Gasteiger partial charge is 1.00 e. The molecule has 1 unspecified atom stereocenters. The maximum absolute atomic E-state index is 13.2. The Morgan fingerprint density at radius 3 is 2.41 bits per heavy atom. The van der Waals surface area contributed by atoms with Crippen molar-refractivity contribution in [3.63, 3.8) is 0 Å². The normalized spacial score (nSPS) is 17.1. The van der Waals surface area contributed by atoms with E-state index in [-0.39, 0.29) is 41.0 Å². The van der Waals surface area contributed by atoms with Crippen molar-refractivity contribution in [1.29, 1.82) is 0 Å². The van der Waals surface area contributed by atoms with Crippen LogP contribution in [0.4, 0.5) is 11.4 Å². The second kappa shape index (κ2) is 10.9. The minimum absolute atomic E-state index is 0. The maximum atomic E-state index is 13.2. The van der Waals surface area contributed by atoms with E-state index in [1.165, 1.54) is 15.3 Å². The summed E-state index contributed by atoms with van der Waals surface area (Å²) in [6.45, 7) is 2.02. The van der Waals surface area contributed by atoms with Crippen LogP contribution in [0.1, 0.15) is 12.0 Å². The molecular weight excluding hydrogens is 493 g/mol. The fourth-order valence-corrected chi connectivity index (χ4v) is 5.82. The molecule has 2 aliphatic rings. The van der Waals surface area contributed by atoms with Crippen LogP contribution in [0, 0.1) is 0 Å². The van der Waals surface area contributed by atoms with Crippen molar-refractivity contribution in [1.82, 2.24) is 4.31 Å². The Morgan fingerprint density at radius 2 is 1.76 bits per heavy atom. The minimum atomic E-state index is -3.71. The number of hydrogen-bond acceptors (Lipinski definition) is 7. The number of rotatable bonds is 6. The van der Waals surface area contributed by atoms with Crippen LogP contribution in [-0.4, -0.2) is 68.5 Å². The van der Waals surface area contributed by atoms with Gasteiger partial charge in [0.1, 0.15) is 6.10 Å². The number of aliphatic hydroxyl groups excluding tert-OH is 1. The van der Waals surface area contributed by atoms with E-state index in [0.29, 0.717) is 48.9 Å². The van der Waals surface area contributed by atoms with Gasteiger partial charge in [0.2, 0.25) is 15.9 Å². The summed E-state index contributed by atoms with van der Waals surface area (Å²) in [6.07, 6.45) is -2.04. The van der Waals surface area contributed by atoms with Gasteiger partial charge >= 0.3 is 29.6 Å². The van der Waals surface area contributed by atoms with Crippen molar-refractivity contribution in [3.05, 3.63) is 53.1 Å². The number of fused-ring (bicyclic) bond motifs is 1. The van der Waals surface area contributed by atoms with Crippen molar-refractivity contribution in [3.8, 4) is 0 Å². The van der Waals surface area contributed by atoms with Crippen molar-refractivity contribution in [2.24, 2.45) is 0 Å². The molecule has 0 radical (unpaired) electrons. The van der Waals surface area contributed by atoms with Crippen molar-refractivity contribution in [2.45, 2.75) is 23.8 Å². The van der Waals surface area contributed by atoms with Crippen molar-refractivity contribution in [2.75, 3.05) is 42.5 Å². The fourth-order valence-electron chi connectivity index (χ4n) is 4.17. The number of hydrogen-bond donors (Lipinski definition) is 1. The van der Waals surface area contributed by atoms with E-state index in [0.717, 1.165) is 5.69 Å². The molecule has 12 heteroatoms. The first-order valence-corrected chi connectivity index (χ1v) is 12.3. The number of piperazine rings is 1. The van der Waals surface area contributed by atoms with Crippen LogP contribution in [-0.2, 0) is 26.0 Å². The molecule has 0 aliphatic carbocycles. The van der Waals surface area contributed by atoms with Gasteiger partial charge in [-0.3, -0.25) is 4.79 Å². The fraction of sp³-hybridized carbons (Fsp3) is 0.364. The van der Waals surface area contributed by atoms with Gasteiger partial charge < -0.3 is 24.8 Å². The third-order valence-electron chi connectivity index (χ3n) is 5.94. The molecule has 34 heavy (non-hydrogen) atoms. The number of sulfonamides is 1. The molecule has 2 aromatic rings. The first-order chi connectivity index (χ1) is 15.7. The van der Waals surface area contributed by atoms with E-state index in [1.54, 1.807) is 18.2 Å². The molecule has 1 saturated heterocycles. The average molecular weight is 516 g/mol. The van der Waals surface area contributed by atoms with Crippen LogP contribution in [0.2, 0.25) is 5.02 Å². The second-order valence-corrected chi connectivity index (χ2v) is 10.4. The SMILES string of the molecule is O=C([O-])C(O)CC(=O)N1CCc2cc(S(=O)(=O)N3CCN(c4cccc(Cl)c4)CC3)ccc21.[Na+]. The molecule has 4 rings (SSSR count). The summed E-state index contributed by atoms with van der Waals surface area (Å²) in [5.41, 5.74) is 2.16. The van der Waals surface area contributed by atoms with Crippen LogP contribution >= 0.6 is 11.6 Å². The molecule has 176 valence electrons. The summed E-state index contributed by atoms with van der Waals surface area (Å²) in [7, 11) is -3.71. The number of aliphatic carboxylic acids is 1. The first kappa shape index (κ1) is 26.9. The second-order valence-electron chi connectivity index (χ2n) is 8.00. The molecule has 0 saturated carbocycles. The van der Waals surface area contributed by atoms with E-state index in [1.807, 2.05) is 18.2 Å². The Bertz CT molecular complexity index is 1190. The van der Waals surface area contributed by atoms with Crippen LogP contribution in [0.25, 0.3) is 0 Å². The summed E-state index contributed by atoms with van der Waals surface area (Å²) in [5.74, 6) is -2.27. The molecule has 1 amide bonds. The first-order valence-electron chi connectivity index (χ1n) is 10.5. The summed E-state index contributed by atoms with van der Waals surface area (Å²) >= 11 is 6.06. The third kappa shape index (κ3) is 5.59. The predicted molar refractivity (Wildman–Crippen MR) is 121 cm³/mol. The molecule has 9 nitrogen and oxygen atoms in total. The van der Waals surface area contributed by atoms with Crippen LogP contribution in [0.5, 0.6) is 0 Å². The van der Waals surface area contributed by atoms with Gasteiger partial charge in [-0.25, -0.2) is 8.42 Å². The van der Waals surface area contributed by atoms with Crippen molar-refractivity contribution < 1.29 is 57.8 Å². The van der Waals surface area contributed by atoms with Crippen LogP contribution in [0.15, 0.2) is 47.4 Å². The zero-order chi connectivity index (χ0) is 23.8. The Balaban J connectivity index is 0.00000324. The molecule has 1 fully saturated rings. The number of nitrogens with zero attached hydrogens (tertiary/aromatic N) is 3. The van der Waals surface area contributed by atoms with Gasteiger partial charge in [-0.1, -0.05) is 17.7 Å². The summed E-state index contributed by atoms with van der Waals surface area (Å²) in [5, 5.41) is 20.7. The number of carboxylic acids is 1. The average Bonchev–Trinajstić information content (AvgIpc) is 3.22. The summed E-state index contributed by atoms with van der Waals surface area (Å²) < 4.78 is 27.9. The van der Waals surface area contributed by atoms with Crippen molar-refractivity contribution >= 4 is 44.9 Å². The number of halogens is 1. The summed E-state index contributed by atoms with van der Waals surface area (Å²) in [4.78, 5) is 26.7. The number of amides is 1. The summed E-state index contributed by atoms with van der Waals surface area (Å²) in [6, 6.07) is 12.0. The third-order valence-corrected chi connectivity index (χ3v) is 8.07. The van der Waals surface area contributed by atoms with Crippen LogP contribution in [0.3, 0.4) is 0 Å². The van der Waals surface area contributed by atoms with Gasteiger partial charge in [-0.15, -0.1) is 0 Å². The topological polar surface area (TPSA) is 121 Å². The van der Waals surface area contributed by atoms with Gasteiger partial charge in [-0.05, 0) is 48.4 Å². The minimum Gasteiger partial charge on any atom is -0.547 e. The molecular formula is C22H23ClN3NaO6S. The number of anilines is 2. The number of carboxylic acid groups (broad SMARTS) is 1. The number of carbonyl (C=O) groups is 2. The van der Waals surface area contributed by atoms with E-state index < -0.39 is 34.4 Å². The van der Waals surface area contributed by atoms with E-state index in [4.69, 9.17) is 11.6 Å². The molecule has 2 heterocycles. The Morgan fingerprint density at radius 1 is 1.06 bits per heavy atom. The maximum Gasteiger partial charge on any atom is 1.00 e. The Kier molecular flexibility index (Phi) is 8.67. The zero-order valence-corrected chi connectivity index (χ0v) is 22.3. The van der Waals surface area contributed by atoms with Gasteiger partial charge in [0.15, 0.2) is 0 Å². The molecule has 1 N–H and O–H groups in total. The number of carbonyl (C=O) groups excluding carboxylic acids is 2. The molecule has 2 aliphatic heterocycles. The Labute approximate surface area is 225 Å². The molecule has 0 spiro atoms. The predicted octanol–water partition coefficient (Wildman–Crippen LogP) is -2.76. The van der Waals surface area contributed by atoms with E-state index in [2.05, 4.69) is 4.90 Å². The van der Waals surface area contributed by atoms with E-state index in [9.17, 15) is 28.2 Å². The Hall–Kier alpha value is -1.66. The molecule has 0 bridgehead atoms. The van der Waals surface area contributed by atoms with Crippen LogP contribution < -0.4 is 44.5 Å².